The number of piperidine rings is 1. The Labute approximate surface area is 101 Å². The molecule has 1 atom stereocenters. The van der Waals surface area contributed by atoms with Crippen molar-refractivity contribution in [2.24, 2.45) is 5.73 Å². The molecule has 1 aromatic heterocycles. The Kier molecular flexibility index (Phi) is 3.93. The number of likely N-dealkylation sites (tertiary alicyclic amines) is 1. The van der Waals surface area contributed by atoms with Gasteiger partial charge in [-0.15, -0.1) is 0 Å². The number of hydrogen-bond donors (Lipinski definition) is 1. The maximum Gasteiger partial charge on any atom is 0.410 e. The van der Waals surface area contributed by atoms with Gasteiger partial charge in [-0.2, -0.15) is 0 Å². The maximum absolute atomic E-state index is 11.7. The first-order valence-corrected chi connectivity index (χ1v) is 5.82. The van der Waals surface area contributed by atoms with E-state index in [0.29, 0.717) is 6.54 Å². The molecule has 2 rings (SSSR count). The van der Waals surface area contributed by atoms with Crippen molar-refractivity contribution in [3.63, 3.8) is 0 Å². The van der Waals surface area contributed by atoms with Crippen LogP contribution in [0.1, 0.15) is 18.4 Å². The van der Waals surface area contributed by atoms with Crippen molar-refractivity contribution >= 4 is 6.09 Å². The number of carbonyl (C=O) groups excluding carboxylic acids is 1. The molecule has 17 heavy (non-hydrogen) atoms. The average molecular weight is 235 g/mol. The summed E-state index contributed by atoms with van der Waals surface area (Å²) in [6.07, 6.45) is 5.02. The molecule has 1 fully saturated rings. The highest BCUT2D eigenvalue weighted by atomic mass is 16.6. The fourth-order valence-corrected chi connectivity index (χ4v) is 1.90. The average Bonchev–Trinajstić information content (AvgIpc) is 2.37. The van der Waals surface area contributed by atoms with Crippen LogP contribution < -0.4 is 5.73 Å². The zero-order valence-corrected chi connectivity index (χ0v) is 9.71. The predicted octanol–water partition coefficient (Wildman–Crippen LogP) is 1.14. The third kappa shape index (κ3) is 3.42. The summed E-state index contributed by atoms with van der Waals surface area (Å²) in [5.74, 6) is 0. The minimum atomic E-state index is -0.288. The molecule has 0 aliphatic carbocycles. The van der Waals surface area contributed by atoms with Gasteiger partial charge in [0.1, 0.15) is 6.61 Å². The zero-order valence-electron chi connectivity index (χ0n) is 9.71. The SMILES string of the molecule is NC1CCCN(C(=O)OCc2cccnc2)C1. The van der Waals surface area contributed by atoms with Crippen LogP contribution in [0.25, 0.3) is 0 Å². The molecule has 92 valence electrons. The highest BCUT2D eigenvalue weighted by Gasteiger charge is 2.22. The summed E-state index contributed by atoms with van der Waals surface area (Å²) in [6.45, 7) is 1.59. The van der Waals surface area contributed by atoms with E-state index >= 15 is 0 Å². The van der Waals surface area contributed by atoms with Gasteiger partial charge < -0.3 is 15.4 Å². The van der Waals surface area contributed by atoms with Crippen LogP contribution in [0.3, 0.4) is 0 Å². The van der Waals surface area contributed by atoms with E-state index in [1.54, 1.807) is 17.3 Å². The van der Waals surface area contributed by atoms with Crippen molar-refractivity contribution in [3.8, 4) is 0 Å². The number of amides is 1. The van der Waals surface area contributed by atoms with Gasteiger partial charge in [0.2, 0.25) is 0 Å². The first kappa shape index (κ1) is 11.9. The Morgan fingerprint density at radius 2 is 2.53 bits per heavy atom. The molecule has 0 radical (unpaired) electrons. The summed E-state index contributed by atoms with van der Waals surface area (Å²) in [7, 11) is 0. The Morgan fingerprint density at radius 3 is 3.24 bits per heavy atom. The van der Waals surface area contributed by atoms with E-state index in [1.165, 1.54) is 0 Å². The predicted molar refractivity (Wildman–Crippen MR) is 63.2 cm³/mol. The Bertz CT molecular complexity index is 369. The van der Waals surface area contributed by atoms with Crippen LogP contribution in [0, 0.1) is 0 Å². The second-order valence-electron chi connectivity index (χ2n) is 4.26. The Hall–Kier alpha value is -1.62. The molecular formula is C12H17N3O2. The number of nitrogens with zero attached hydrogens (tertiary/aromatic N) is 2. The molecule has 5 nitrogen and oxygen atoms in total. The lowest BCUT2D eigenvalue weighted by Crippen LogP contribution is -2.45. The first-order valence-electron chi connectivity index (χ1n) is 5.82. The number of ether oxygens (including phenoxy) is 1. The summed E-state index contributed by atoms with van der Waals surface area (Å²) in [5, 5.41) is 0. The van der Waals surface area contributed by atoms with Crippen LogP contribution >= 0.6 is 0 Å². The van der Waals surface area contributed by atoms with E-state index in [2.05, 4.69) is 4.98 Å². The molecule has 0 aromatic carbocycles. The van der Waals surface area contributed by atoms with E-state index in [9.17, 15) is 4.79 Å². The van der Waals surface area contributed by atoms with E-state index in [1.807, 2.05) is 12.1 Å². The molecule has 0 saturated carbocycles. The smallest absolute Gasteiger partial charge is 0.410 e. The summed E-state index contributed by atoms with van der Waals surface area (Å²) in [4.78, 5) is 17.4. The lowest BCUT2D eigenvalue weighted by Gasteiger charge is -2.29. The monoisotopic (exact) mass is 235 g/mol. The highest BCUT2D eigenvalue weighted by Crippen LogP contribution is 2.10. The Morgan fingerprint density at radius 1 is 1.65 bits per heavy atom. The number of nitrogens with two attached hydrogens (primary N) is 1. The summed E-state index contributed by atoms with van der Waals surface area (Å²) < 4.78 is 5.21. The van der Waals surface area contributed by atoms with Gasteiger partial charge in [0.05, 0.1) is 0 Å². The van der Waals surface area contributed by atoms with Gasteiger partial charge in [-0.3, -0.25) is 4.98 Å². The largest absolute Gasteiger partial charge is 0.444 e. The van der Waals surface area contributed by atoms with Crippen LogP contribution in [-0.4, -0.2) is 35.1 Å². The molecule has 5 heteroatoms. The molecule has 0 spiro atoms. The lowest BCUT2D eigenvalue weighted by atomic mass is 10.1. The minimum absolute atomic E-state index is 0.0784. The van der Waals surface area contributed by atoms with Crippen molar-refractivity contribution in [2.75, 3.05) is 13.1 Å². The lowest BCUT2D eigenvalue weighted by molar-refractivity contribution is 0.0861. The van der Waals surface area contributed by atoms with E-state index in [0.717, 1.165) is 24.9 Å². The summed E-state index contributed by atoms with van der Waals surface area (Å²) in [5.41, 5.74) is 6.70. The Balaban J connectivity index is 1.81. The molecule has 1 amide bonds. The number of carbonyl (C=O) groups is 1. The standard InChI is InChI=1S/C12H17N3O2/c13-11-4-2-6-15(8-11)12(16)17-9-10-3-1-5-14-7-10/h1,3,5,7,11H,2,4,6,8-9,13H2. The molecule has 1 aliphatic heterocycles. The number of pyridine rings is 1. The van der Waals surface area contributed by atoms with Gasteiger partial charge in [0, 0.05) is 37.1 Å². The highest BCUT2D eigenvalue weighted by molar-refractivity contribution is 5.67. The summed E-state index contributed by atoms with van der Waals surface area (Å²) in [6, 6.07) is 3.78. The van der Waals surface area contributed by atoms with Crippen molar-refractivity contribution in [2.45, 2.75) is 25.5 Å². The summed E-state index contributed by atoms with van der Waals surface area (Å²) >= 11 is 0. The van der Waals surface area contributed by atoms with Crippen LogP contribution in [-0.2, 0) is 11.3 Å². The van der Waals surface area contributed by atoms with Crippen LogP contribution in [0.4, 0.5) is 4.79 Å². The van der Waals surface area contributed by atoms with Gasteiger partial charge in [-0.25, -0.2) is 4.79 Å². The van der Waals surface area contributed by atoms with Gasteiger partial charge in [-0.1, -0.05) is 6.07 Å². The fourth-order valence-electron chi connectivity index (χ4n) is 1.90. The van der Waals surface area contributed by atoms with Crippen molar-refractivity contribution in [1.29, 1.82) is 0 Å². The van der Waals surface area contributed by atoms with Gasteiger partial charge in [0.15, 0.2) is 0 Å². The second-order valence-corrected chi connectivity index (χ2v) is 4.26. The topological polar surface area (TPSA) is 68.5 Å². The minimum Gasteiger partial charge on any atom is -0.444 e. The van der Waals surface area contributed by atoms with Gasteiger partial charge >= 0.3 is 6.09 Å². The third-order valence-electron chi connectivity index (χ3n) is 2.80. The van der Waals surface area contributed by atoms with Crippen LogP contribution in [0.15, 0.2) is 24.5 Å². The number of rotatable bonds is 2. The normalized spacial score (nSPS) is 20.1. The second kappa shape index (κ2) is 5.63. The van der Waals surface area contributed by atoms with E-state index in [4.69, 9.17) is 10.5 Å². The fraction of sp³-hybridized carbons (Fsp3) is 0.500. The van der Waals surface area contributed by atoms with Crippen molar-refractivity contribution in [1.82, 2.24) is 9.88 Å². The maximum atomic E-state index is 11.7. The van der Waals surface area contributed by atoms with Crippen LogP contribution in [0.5, 0.6) is 0 Å². The quantitative estimate of drug-likeness (QED) is 0.834. The molecule has 2 N–H and O–H groups in total. The number of aromatic nitrogens is 1. The molecule has 2 heterocycles. The zero-order chi connectivity index (χ0) is 12.1. The van der Waals surface area contributed by atoms with Crippen molar-refractivity contribution < 1.29 is 9.53 Å². The molecule has 1 aliphatic rings. The molecule has 0 bridgehead atoms. The van der Waals surface area contributed by atoms with Gasteiger partial charge in [0.25, 0.3) is 0 Å². The third-order valence-corrected chi connectivity index (χ3v) is 2.80. The van der Waals surface area contributed by atoms with Crippen molar-refractivity contribution in [3.05, 3.63) is 30.1 Å². The first-order chi connectivity index (χ1) is 8.25. The molecular weight excluding hydrogens is 218 g/mol. The molecule has 1 aromatic rings. The van der Waals surface area contributed by atoms with E-state index in [-0.39, 0.29) is 18.7 Å². The van der Waals surface area contributed by atoms with E-state index < -0.39 is 0 Å². The van der Waals surface area contributed by atoms with Crippen LogP contribution in [0.2, 0.25) is 0 Å². The van der Waals surface area contributed by atoms with Gasteiger partial charge in [-0.05, 0) is 18.9 Å². The molecule has 1 unspecified atom stereocenters. The molecule has 1 saturated heterocycles. The number of hydrogen-bond acceptors (Lipinski definition) is 4.